The Balaban J connectivity index is 2.13. The summed E-state index contributed by atoms with van der Waals surface area (Å²) in [6, 6.07) is 7.31. The van der Waals surface area contributed by atoms with Gasteiger partial charge in [-0.25, -0.2) is 4.79 Å². The molecule has 10 heteroatoms. The first-order valence-electron chi connectivity index (χ1n) is 10.5. The molecule has 0 aromatic heterocycles. The number of aryl methyl sites for hydroxylation is 1. The highest BCUT2D eigenvalue weighted by molar-refractivity contribution is 14.1. The highest BCUT2D eigenvalue weighted by atomic mass is 127. The van der Waals surface area contributed by atoms with Crippen LogP contribution in [0.5, 0.6) is 0 Å². The summed E-state index contributed by atoms with van der Waals surface area (Å²) >= 11 is 2.26. The molecular weight excluding hydrogens is 513 g/mol. The molecule has 0 aliphatic rings. The van der Waals surface area contributed by atoms with Crippen LogP contribution < -0.4 is 10.6 Å². The molecule has 0 saturated carbocycles. The van der Waals surface area contributed by atoms with E-state index in [0.29, 0.717) is 51.6 Å². The number of rotatable bonds is 16. The average Bonchev–Trinajstić information content (AvgIpc) is 2.73. The Morgan fingerprint density at radius 3 is 2.42 bits per heavy atom. The fourth-order valence-electron chi connectivity index (χ4n) is 2.93. The minimum atomic E-state index is -1.07. The first kappa shape index (κ1) is 26.7. The SMILES string of the molecule is [N-]=[N+]=NCCCCC(=O)N[C@@H](CCCCNC(=O)CCCc1ccc(I)cc1)C(=O)O. The normalized spacial score (nSPS) is 11.3. The molecule has 0 spiro atoms. The first-order chi connectivity index (χ1) is 14.9. The number of halogens is 1. The van der Waals surface area contributed by atoms with E-state index in [0.717, 1.165) is 12.8 Å². The molecule has 170 valence electrons. The zero-order chi connectivity index (χ0) is 22.9. The molecule has 1 atom stereocenters. The lowest BCUT2D eigenvalue weighted by Crippen LogP contribution is -2.40. The standard InChI is InChI=1S/C21H30IN5O4/c22-17-12-10-16(11-13-17)6-5-9-19(28)24-14-3-1-7-18(21(30)31)26-20(29)8-2-4-15-25-27-23/h10-13,18H,1-9,14-15H2,(H,24,28)(H,26,29)(H,30,31)/t18-/m0/s1. The van der Waals surface area contributed by atoms with Gasteiger partial charge in [-0.15, -0.1) is 0 Å². The number of hydrogen-bond acceptors (Lipinski definition) is 4. The van der Waals surface area contributed by atoms with Gasteiger partial charge in [-0.1, -0.05) is 17.2 Å². The van der Waals surface area contributed by atoms with Gasteiger partial charge < -0.3 is 15.7 Å². The van der Waals surface area contributed by atoms with Crippen LogP contribution in [0.25, 0.3) is 10.4 Å². The van der Waals surface area contributed by atoms with Crippen LogP contribution >= 0.6 is 22.6 Å². The predicted octanol–water partition coefficient (Wildman–Crippen LogP) is 3.95. The maximum Gasteiger partial charge on any atom is 0.326 e. The fourth-order valence-corrected chi connectivity index (χ4v) is 3.29. The van der Waals surface area contributed by atoms with Gasteiger partial charge in [-0.2, -0.15) is 0 Å². The van der Waals surface area contributed by atoms with E-state index >= 15 is 0 Å². The van der Waals surface area contributed by atoms with E-state index < -0.39 is 12.0 Å². The van der Waals surface area contributed by atoms with Gasteiger partial charge in [0.25, 0.3) is 0 Å². The number of carbonyl (C=O) groups excluding carboxylic acids is 2. The second-order valence-electron chi connectivity index (χ2n) is 7.20. The summed E-state index contributed by atoms with van der Waals surface area (Å²) in [5.74, 6) is -1.40. The number of benzene rings is 1. The van der Waals surface area contributed by atoms with Crippen LogP contribution in [0, 0.1) is 3.57 Å². The predicted molar refractivity (Wildman–Crippen MR) is 126 cm³/mol. The molecular formula is C21H30IN5O4. The number of nitrogens with zero attached hydrogens (tertiary/aromatic N) is 3. The summed E-state index contributed by atoms with van der Waals surface area (Å²) < 4.78 is 1.19. The number of azide groups is 1. The minimum Gasteiger partial charge on any atom is -0.480 e. The summed E-state index contributed by atoms with van der Waals surface area (Å²) in [4.78, 5) is 37.7. The lowest BCUT2D eigenvalue weighted by atomic mass is 10.1. The highest BCUT2D eigenvalue weighted by Crippen LogP contribution is 2.09. The van der Waals surface area contributed by atoms with E-state index in [2.05, 4.69) is 67.5 Å². The Kier molecular flexibility index (Phi) is 14.1. The molecule has 0 heterocycles. The van der Waals surface area contributed by atoms with Crippen molar-refractivity contribution in [3.8, 4) is 0 Å². The first-order valence-corrected chi connectivity index (χ1v) is 11.5. The number of carboxylic acids is 1. The van der Waals surface area contributed by atoms with Crippen LogP contribution in [0.2, 0.25) is 0 Å². The molecule has 9 nitrogen and oxygen atoms in total. The van der Waals surface area contributed by atoms with Crippen molar-refractivity contribution in [2.24, 2.45) is 5.11 Å². The van der Waals surface area contributed by atoms with E-state index in [1.54, 1.807) is 0 Å². The summed E-state index contributed by atoms with van der Waals surface area (Å²) in [5.41, 5.74) is 9.40. The number of hydrogen-bond donors (Lipinski definition) is 3. The van der Waals surface area contributed by atoms with Gasteiger partial charge in [0.2, 0.25) is 11.8 Å². The number of amides is 2. The second-order valence-corrected chi connectivity index (χ2v) is 8.44. The molecule has 1 aromatic carbocycles. The molecule has 0 bridgehead atoms. The molecule has 0 aliphatic heterocycles. The van der Waals surface area contributed by atoms with Crippen molar-refractivity contribution in [3.05, 3.63) is 43.8 Å². The van der Waals surface area contributed by atoms with E-state index in [9.17, 15) is 19.5 Å². The maximum absolute atomic E-state index is 11.9. The second kappa shape index (κ2) is 16.4. The topological polar surface area (TPSA) is 144 Å². The molecule has 0 fully saturated rings. The average molecular weight is 543 g/mol. The van der Waals surface area contributed by atoms with Crippen LogP contribution in [0.1, 0.15) is 56.9 Å². The van der Waals surface area contributed by atoms with Crippen LogP contribution in [0.4, 0.5) is 0 Å². The third-order valence-corrected chi connectivity index (χ3v) is 5.35. The number of aliphatic carboxylic acids is 1. The van der Waals surface area contributed by atoms with Crippen molar-refractivity contribution >= 4 is 40.4 Å². The third kappa shape index (κ3) is 13.6. The molecule has 2 amide bonds. The Hall–Kier alpha value is -2.33. The van der Waals surface area contributed by atoms with Crippen molar-refractivity contribution < 1.29 is 19.5 Å². The van der Waals surface area contributed by atoms with Crippen LogP contribution in [0.15, 0.2) is 29.4 Å². The summed E-state index contributed by atoms with van der Waals surface area (Å²) in [6.45, 7) is 0.811. The maximum atomic E-state index is 11.9. The van der Waals surface area contributed by atoms with E-state index in [1.807, 2.05) is 0 Å². The monoisotopic (exact) mass is 543 g/mol. The van der Waals surface area contributed by atoms with Gasteiger partial charge >= 0.3 is 5.97 Å². The van der Waals surface area contributed by atoms with Crippen molar-refractivity contribution in [3.63, 3.8) is 0 Å². The summed E-state index contributed by atoms with van der Waals surface area (Å²) in [5, 5.41) is 18.0. The molecule has 0 unspecified atom stereocenters. The van der Waals surface area contributed by atoms with Gasteiger partial charge in [-0.3, -0.25) is 9.59 Å². The van der Waals surface area contributed by atoms with Crippen molar-refractivity contribution in [2.45, 2.75) is 63.8 Å². The molecule has 1 aromatic rings. The van der Waals surface area contributed by atoms with Crippen LogP contribution in [-0.2, 0) is 20.8 Å². The molecule has 31 heavy (non-hydrogen) atoms. The number of carboxylic acid groups (broad SMARTS) is 1. The van der Waals surface area contributed by atoms with E-state index in [-0.39, 0.29) is 18.2 Å². The Bertz CT molecular complexity index is 751. The number of nitrogens with one attached hydrogen (secondary N) is 2. The zero-order valence-electron chi connectivity index (χ0n) is 17.6. The minimum absolute atomic E-state index is 0.00525. The molecule has 0 aliphatic carbocycles. The summed E-state index contributed by atoms with van der Waals surface area (Å²) in [6.07, 6.45) is 4.95. The molecule has 3 N–H and O–H groups in total. The fraction of sp³-hybridized carbons (Fsp3) is 0.571. The van der Waals surface area contributed by atoms with Gasteiger partial charge in [0.15, 0.2) is 0 Å². The van der Waals surface area contributed by atoms with Gasteiger partial charge in [-0.05, 0) is 90.8 Å². The largest absolute Gasteiger partial charge is 0.480 e. The lowest BCUT2D eigenvalue weighted by molar-refractivity contribution is -0.142. The Labute approximate surface area is 196 Å². The van der Waals surface area contributed by atoms with Gasteiger partial charge in [0.1, 0.15) is 6.04 Å². The number of carbonyl (C=O) groups is 3. The van der Waals surface area contributed by atoms with Crippen LogP contribution in [0.3, 0.4) is 0 Å². The van der Waals surface area contributed by atoms with Crippen LogP contribution in [-0.4, -0.2) is 42.0 Å². The zero-order valence-corrected chi connectivity index (χ0v) is 19.7. The Morgan fingerprint density at radius 2 is 1.74 bits per heavy atom. The van der Waals surface area contributed by atoms with Crippen molar-refractivity contribution in [1.29, 1.82) is 0 Å². The highest BCUT2D eigenvalue weighted by Gasteiger charge is 2.19. The Morgan fingerprint density at radius 1 is 1.03 bits per heavy atom. The third-order valence-electron chi connectivity index (χ3n) is 4.63. The summed E-state index contributed by atoms with van der Waals surface area (Å²) in [7, 11) is 0. The van der Waals surface area contributed by atoms with Gasteiger partial charge in [0.05, 0.1) is 0 Å². The van der Waals surface area contributed by atoms with Gasteiger partial charge in [0, 0.05) is 34.4 Å². The molecule has 0 radical (unpaired) electrons. The van der Waals surface area contributed by atoms with Crippen molar-refractivity contribution in [2.75, 3.05) is 13.1 Å². The smallest absolute Gasteiger partial charge is 0.326 e. The van der Waals surface area contributed by atoms with E-state index in [4.69, 9.17) is 5.53 Å². The lowest BCUT2D eigenvalue weighted by Gasteiger charge is -2.14. The van der Waals surface area contributed by atoms with Crippen molar-refractivity contribution in [1.82, 2.24) is 10.6 Å². The van der Waals surface area contributed by atoms with E-state index in [1.165, 1.54) is 9.13 Å². The molecule has 0 saturated heterocycles. The quantitative estimate of drug-likeness (QED) is 0.0954. The number of unbranched alkanes of at least 4 members (excludes halogenated alkanes) is 2. The molecule has 1 rings (SSSR count).